The van der Waals surface area contributed by atoms with Crippen molar-refractivity contribution in [1.82, 2.24) is 15.0 Å². The monoisotopic (exact) mass is 513 g/mol. The van der Waals surface area contributed by atoms with Gasteiger partial charge in [-0.2, -0.15) is 0 Å². The molecule has 192 valence electrons. The first-order valence-electron chi connectivity index (χ1n) is 12.6. The van der Waals surface area contributed by atoms with E-state index >= 15 is 0 Å². The van der Waals surface area contributed by atoms with Crippen molar-refractivity contribution in [1.29, 1.82) is 0 Å². The molecule has 2 heterocycles. The highest BCUT2D eigenvalue weighted by Gasteiger charge is 2.51. The third-order valence-electron chi connectivity index (χ3n) is 7.88. The summed E-state index contributed by atoms with van der Waals surface area (Å²) >= 11 is 0. The lowest BCUT2D eigenvalue weighted by Gasteiger charge is -2.47. The van der Waals surface area contributed by atoms with Crippen LogP contribution in [0, 0.1) is 29.5 Å². The summed E-state index contributed by atoms with van der Waals surface area (Å²) in [4.78, 5) is 16.5. The Morgan fingerprint density at radius 2 is 2.06 bits per heavy atom. The van der Waals surface area contributed by atoms with Gasteiger partial charge in [-0.25, -0.2) is 22.3 Å². The third-order valence-corrected chi connectivity index (χ3v) is 9.36. The lowest BCUT2D eigenvalue weighted by molar-refractivity contribution is 0.0606. The molecule has 2 N–H and O–H groups in total. The summed E-state index contributed by atoms with van der Waals surface area (Å²) in [6.07, 6.45) is 8.84. The molecule has 0 bridgehead atoms. The highest BCUT2D eigenvalue weighted by atomic mass is 32.2. The van der Waals surface area contributed by atoms with Gasteiger partial charge in [0.2, 0.25) is 10.0 Å². The number of sulfonamides is 1. The second kappa shape index (κ2) is 10.3. The second-order valence-corrected chi connectivity index (χ2v) is 11.9. The van der Waals surface area contributed by atoms with Crippen LogP contribution in [-0.4, -0.2) is 43.9 Å². The van der Waals surface area contributed by atoms with E-state index in [4.69, 9.17) is 4.74 Å². The van der Waals surface area contributed by atoms with Crippen LogP contribution in [0.4, 0.5) is 9.18 Å². The number of nitrogens with zero attached hydrogens (tertiary/aromatic N) is 1. The topological polar surface area (TPSA) is 97.4 Å². The van der Waals surface area contributed by atoms with Gasteiger partial charge in [0.25, 0.3) is 0 Å². The minimum atomic E-state index is -3.29. The molecule has 1 aromatic carbocycles. The number of alkyl carbamates (subject to hydrolysis) is 1. The van der Waals surface area contributed by atoms with Crippen molar-refractivity contribution in [2.75, 3.05) is 12.4 Å². The minimum Gasteiger partial charge on any atom is -0.450 e. The maximum Gasteiger partial charge on any atom is 0.407 e. The van der Waals surface area contributed by atoms with Crippen LogP contribution in [-0.2, 0) is 14.8 Å². The zero-order chi connectivity index (χ0) is 25.3. The Balaban J connectivity index is 1.33. The number of aromatic nitrogens is 1. The molecule has 2 saturated carbocycles. The Labute approximate surface area is 211 Å². The molecule has 2 aromatic rings. The number of pyridine rings is 1. The van der Waals surface area contributed by atoms with Crippen LogP contribution in [0.25, 0.3) is 17.2 Å². The summed E-state index contributed by atoms with van der Waals surface area (Å²) in [5.74, 6) is 0.646. The molecule has 0 radical (unpaired) electrons. The van der Waals surface area contributed by atoms with Gasteiger partial charge in [0.1, 0.15) is 5.82 Å². The average Bonchev–Trinajstić information content (AvgIpc) is 3.15. The van der Waals surface area contributed by atoms with E-state index in [1.165, 1.54) is 12.1 Å². The van der Waals surface area contributed by atoms with Crippen LogP contribution in [0.15, 0.2) is 48.7 Å². The molecule has 5 rings (SSSR count). The first-order valence-corrected chi connectivity index (χ1v) is 14.3. The maximum absolute atomic E-state index is 13.6. The molecule has 0 unspecified atom stereocenters. The molecule has 1 aliphatic heterocycles. The minimum absolute atomic E-state index is 0.0219. The van der Waals surface area contributed by atoms with Gasteiger partial charge in [-0.1, -0.05) is 24.3 Å². The van der Waals surface area contributed by atoms with Crippen LogP contribution in [0.1, 0.15) is 38.3 Å². The van der Waals surface area contributed by atoms with E-state index in [1.54, 1.807) is 19.2 Å². The molecule has 6 atom stereocenters. The normalized spacial score (nSPS) is 30.9. The number of carbonyl (C=O) groups is 1. The Morgan fingerprint density at radius 1 is 1.19 bits per heavy atom. The number of rotatable bonds is 5. The molecule has 3 aliphatic rings. The molecule has 7 nitrogen and oxygen atoms in total. The molecule has 3 fully saturated rings. The highest BCUT2D eigenvalue weighted by molar-refractivity contribution is 7.89. The molecule has 2 aliphatic carbocycles. The molecule has 1 amide bonds. The number of ether oxygens (including phenoxy) is 1. The number of hydrogen-bond donors (Lipinski definition) is 2. The molecule has 0 spiro atoms. The van der Waals surface area contributed by atoms with Crippen molar-refractivity contribution in [3.05, 3.63) is 60.2 Å². The predicted octanol–water partition coefficient (Wildman–Crippen LogP) is 4.37. The lowest BCUT2D eigenvalue weighted by atomic mass is 9.59. The van der Waals surface area contributed by atoms with E-state index in [9.17, 15) is 17.6 Å². The van der Waals surface area contributed by atoms with E-state index in [0.717, 1.165) is 42.5 Å². The summed E-state index contributed by atoms with van der Waals surface area (Å²) < 4.78 is 46.4. The first kappa shape index (κ1) is 24.9. The molecular formula is C27H32FN3O4S. The zero-order valence-electron chi connectivity index (χ0n) is 20.3. The van der Waals surface area contributed by atoms with Crippen LogP contribution in [0.3, 0.4) is 0 Å². The molecule has 36 heavy (non-hydrogen) atoms. The van der Waals surface area contributed by atoms with E-state index < -0.39 is 10.0 Å². The number of fused-ring (bicyclic) bond motifs is 2. The quantitative estimate of drug-likeness (QED) is 0.619. The summed E-state index contributed by atoms with van der Waals surface area (Å²) in [6.45, 7) is 2.12. The number of benzene rings is 1. The van der Waals surface area contributed by atoms with E-state index in [1.807, 2.05) is 24.3 Å². The summed E-state index contributed by atoms with van der Waals surface area (Å²) in [5, 5.41) is 2.97. The SMILES string of the molecule is CCOC(=O)N[C@@H]1CC[C@@H]2[C@@H](C1)C[C@@H]1NS(=O)(=O)C[C@@H]1[C@H]2C=Cc1ccc(-c2cccc(F)c2)cn1. The number of allylic oxidation sites excluding steroid dienone is 1. The maximum atomic E-state index is 13.6. The summed E-state index contributed by atoms with van der Waals surface area (Å²) in [6, 6.07) is 10.2. The smallest absolute Gasteiger partial charge is 0.407 e. The Morgan fingerprint density at radius 3 is 2.81 bits per heavy atom. The Kier molecular flexibility index (Phi) is 7.12. The second-order valence-electron chi connectivity index (χ2n) is 10.1. The lowest BCUT2D eigenvalue weighted by Crippen LogP contribution is -2.50. The van der Waals surface area contributed by atoms with E-state index in [2.05, 4.69) is 21.1 Å². The number of amides is 1. The summed E-state index contributed by atoms with van der Waals surface area (Å²) in [7, 11) is -3.29. The van der Waals surface area contributed by atoms with Gasteiger partial charge in [-0.15, -0.1) is 0 Å². The standard InChI is InChI=1S/C27H32FN3O4S/c1-2-35-27(32)30-22-9-10-23-19(13-22)14-26-25(16-36(33,34)31-26)24(23)11-8-21-7-6-18(15-29-21)17-4-3-5-20(28)12-17/h3-8,11-12,15,19,22-26,31H,2,9-10,13-14,16H2,1H3,(H,30,32)/t19-,22+,23+,24-,25+,26-/m0/s1. The van der Waals surface area contributed by atoms with Gasteiger partial charge in [0.15, 0.2) is 0 Å². The third kappa shape index (κ3) is 5.47. The Hall–Kier alpha value is -2.78. The van der Waals surface area contributed by atoms with Crippen molar-refractivity contribution in [2.24, 2.45) is 23.7 Å². The van der Waals surface area contributed by atoms with Gasteiger partial charge in [0, 0.05) is 23.8 Å². The van der Waals surface area contributed by atoms with E-state index in [0.29, 0.717) is 18.4 Å². The van der Waals surface area contributed by atoms with Crippen LogP contribution in [0.5, 0.6) is 0 Å². The van der Waals surface area contributed by atoms with Gasteiger partial charge in [-0.05, 0) is 86.1 Å². The molecule has 1 saturated heterocycles. The molecular weight excluding hydrogens is 481 g/mol. The van der Waals surface area contributed by atoms with Gasteiger partial charge in [-0.3, -0.25) is 4.98 Å². The van der Waals surface area contributed by atoms with Crippen molar-refractivity contribution < 1.29 is 22.3 Å². The fourth-order valence-corrected chi connectivity index (χ4v) is 8.14. The zero-order valence-corrected chi connectivity index (χ0v) is 21.1. The van der Waals surface area contributed by atoms with Crippen molar-refractivity contribution >= 4 is 22.2 Å². The molecule has 9 heteroatoms. The number of carbonyl (C=O) groups excluding carboxylic acids is 1. The predicted molar refractivity (Wildman–Crippen MR) is 136 cm³/mol. The van der Waals surface area contributed by atoms with Crippen molar-refractivity contribution in [2.45, 2.75) is 44.7 Å². The number of halogens is 1. The Bertz CT molecular complexity index is 1230. The average molecular weight is 514 g/mol. The molecule has 1 aromatic heterocycles. The van der Waals surface area contributed by atoms with Gasteiger partial charge < -0.3 is 10.1 Å². The highest BCUT2D eigenvalue weighted by Crippen LogP contribution is 2.49. The largest absolute Gasteiger partial charge is 0.450 e. The van der Waals surface area contributed by atoms with Crippen LogP contribution >= 0.6 is 0 Å². The van der Waals surface area contributed by atoms with E-state index in [-0.39, 0.29) is 41.6 Å². The fourth-order valence-electron chi connectivity index (χ4n) is 6.36. The first-order chi connectivity index (χ1) is 17.3. The number of hydrogen-bond acceptors (Lipinski definition) is 5. The number of nitrogens with one attached hydrogen (secondary N) is 2. The van der Waals surface area contributed by atoms with Gasteiger partial charge >= 0.3 is 6.09 Å². The van der Waals surface area contributed by atoms with Crippen molar-refractivity contribution in [3.63, 3.8) is 0 Å². The van der Waals surface area contributed by atoms with Crippen LogP contribution < -0.4 is 10.0 Å². The van der Waals surface area contributed by atoms with Crippen molar-refractivity contribution in [3.8, 4) is 11.1 Å². The fraction of sp³-hybridized carbons (Fsp3) is 0.481. The summed E-state index contributed by atoms with van der Waals surface area (Å²) in [5.41, 5.74) is 2.38. The van der Waals surface area contributed by atoms with Crippen LogP contribution in [0.2, 0.25) is 0 Å². The van der Waals surface area contributed by atoms with Gasteiger partial charge in [0.05, 0.1) is 18.1 Å².